The molecule has 0 fully saturated rings. The van der Waals surface area contributed by atoms with E-state index in [0.717, 1.165) is 40.5 Å². The van der Waals surface area contributed by atoms with Crippen LogP contribution in [0.2, 0.25) is 0 Å². The van der Waals surface area contributed by atoms with E-state index in [-0.39, 0.29) is 5.54 Å². The third-order valence-corrected chi connectivity index (χ3v) is 4.36. The summed E-state index contributed by atoms with van der Waals surface area (Å²) in [6.45, 7) is 12.5. The monoisotopic (exact) mass is 332 g/mol. The fourth-order valence-corrected chi connectivity index (χ4v) is 3.47. The Labute approximate surface area is 142 Å². The van der Waals surface area contributed by atoms with Gasteiger partial charge in [-0.05, 0) is 45.8 Å². The highest BCUT2D eigenvalue weighted by atomic mass is 19.1. The Morgan fingerprint density at radius 2 is 1.96 bits per heavy atom. The lowest BCUT2D eigenvalue weighted by Gasteiger charge is -2.29. The molecule has 5 nitrogen and oxygen atoms in total. The number of fused-ring (bicyclic) bond motifs is 1. The Bertz CT molecular complexity index is 783. The molecule has 1 aromatic heterocycles. The number of aliphatic imine (C=N–C) groups is 1. The van der Waals surface area contributed by atoms with Gasteiger partial charge < -0.3 is 9.64 Å². The molecule has 6 heteroatoms. The van der Waals surface area contributed by atoms with Gasteiger partial charge in [-0.1, -0.05) is 6.08 Å². The Morgan fingerprint density at radius 3 is 2.58 bits per heavy atom. The minimum absolute atomic E-state index is 0.143. The summed E-state index contributed by atoms with van der Waals surface area (Å²) < 4.78 is 20.2. The molecule has 130 valence electrons. The van der Waals surface area contributed by atoms with E-state index < -0.39 is 6.36 Å². The van der Waals surface area contributed by atoms with Gasteiger partial charge in [0.05, 0.1) is 11.2 Å². The average molecular weight is 332 g/mol. The molecule has 0 N–H and O–H groups in total. The zero-order valence-corrected chi connectivity index (χ0v) is 15.4. The first-order chi connectivity index (χ1) is 11.1. The highest BCUT2D eigenvalue weighted by Crippen LogP contribution is 2.39. The lowest BCUT2D eigenvalue weighted by Crippen LogP contribution is -2.34. The minimum atomic E-state index is -1.38. The predicted molar refractivity (Wildman–Crippen MR) is 93.7 cm³/mol. The van der Waals surface area contributed by atoms with Gasteiger partial charge in [0.25, 0.3) is 0 Å². The van der Waals surface area contributed by atoms with Gasteiger partial charge in [0, 0.05) is 26.1 Å². The molecule has 0 aliphatic carbocycles. The van der Waals surface area contributed by atoms with Crippen LogP contribution >= 0.6 is 0 Å². The molecule has 0 radical (unpaired) electrons. The summed E-state index contributed by atoms with van der Waals surface area (Å²) in [6.07, 6.45) is 0.761. The summed E-state index contributed by atoms with van der Waals surface area (Å²) in [5, 5.41) is 4.61. The molecule has 0 saturated heterocycles. The maximum Gasteiger partial charge on any atom is 0.237 e. The number of rotatable bonds is 3. The fraction of sp³-hybridized carbons (Fsp3) is 0.556. The maximum atomic E-state index is 13.3. The number of aryl methyl sites for hydroxylation is 1. The van der Waals surface area contributed by atoms with Crippen molar-refractivity contribution in [3.8, 4) is 5.88 Å². The van der Waals surface area contributed by atoms with Gasteiger partial charge in [-0.2, -0.15) is 5.10 Å². The van der Waals surface area contributed by atoms with Gasteiger partial charge in [-0.15, -0.1) is 0 Å². The van der Waals surface area contributed by atoms with Crippen molar-refractivity contribution in [2.24, 2.45) is 12.0 Å². The molecular weight excluding hydrogens is 307 g/mol. The molecule has 0 aromatic carbocycles. The van der Waals surface area contributed by atoms with Crippen molar-refractivity contribution >= 4 is 11.5 Å². The highest BCUT2D eigenvalue weighted by Gasteiger charge is 2.38. The van der Waals surface area contributed by atoms with Crippen molar-refractivity contribution in [3.63, 3.8) is 0 Å². The summed E-state index contributed by atoms with van der Waals surface area (Å²) in [6, 6.07) is 0. The van der Waals surface area contributed by atoms with E-state index in [1.165, 1.54) is 6.92 Å². The summed E-state index contributed by atoms with van der Waals surface area (Å²) >= 11 is 0. The van der Waals surface area contributed by atoms with Gasteiger partial charge in [-0.25, -0.2) is 9.07 Å². The summed E-state index contributed by atoms with van der Waals surface area (Å²) in [7, 11) is 1.77. The second-order valence-electron chi connectivity index (χ2n) is 7.26. The number of halogens is 1. The number of alkyl halides is 1. The van der Waals surface area contributed by atoms with E-state index in [4.69, 9.17) is 9.73 Å². The topological polar surface area (TPSA) is 42.6 Å². The van der Waals surface area contributed by atoms with Crippen molar-refractivity contribution in [1.82, 2.24) is 14.7 Å². The van der Waals surface area contributed by atoms with Crippen LogP contribution in [0, 0.1) is 6.92 Å². The molecule has 2 aliphatic rings. The number of aromatic nitrogens is 2. The Morgan fingerprint density at radius 1 is 1.29 bits per heavy atom. The number of amidine groups is 1. The van der Waals surface area contributed by atoms with Gasteiger partial charge in [0.2, 0.25) is 12.2 Å². The molecule has 0 amide bonds. The molecule has 24 heavy (non-hydrogen) atoms. The molecule has 3 rings (SSSR count). The quantitative estimate of drug-likeness (QED) is 0.849. The second-order valence-corrected chi connectivity index (χ2v) is 7.26. The van der Waals surface area contributed by atoms with E-state index in [1.54, 1.807) is 11.7 Å². The predicted octanol–water partition coefficient (Wildman–Crippen LogP) is 3.61. The van der Waals surface area contributed by atoms with Crippen LogP contribution in [0.15, 0.2) is 22.2 Å². The second kappa shape index (κ2) is 5.46. The van der Waals surface area contributed by atoms with Crippen LogP contribution in [0.1, 0.15) is 45.9 Å². The first-order valence-electron chi connectivity index (χ1n) is 8.22. The number of hydrogen-bond acceptors (Lipinski definition) is 4. The largest absolute Gasteiger partial charge is 0.444 e. The Hall–Kier alpha value is -2.11. The van der Waals surface area contributed by atoms with Gasteiger partial charge in [0.15, 0.2) is 0 Å². The smallest absolute Gasteiger partial charge is 0.237 e. The van der Waals surface area contributed by atoms with E-state index in [1.807, 2.05) is 6.92 Å². The van der Waals surface area contributed by atoms with Gasteiger partial charge >= 0.3 is 0 Å². The first-order valence-corrected chi connectivity index (χ1v) is 8.22. The molecule has 1 atom stereocenters. The van der Waals surface area contributed by atoms with E-state index in [2.05, 4.69) is 43.8 Å². The number of allylic oxidation sites excluding steroid dienone is 2. The van der Waals surface area contributed by atoms with Gasteiger partial charge in [0.1, 0.15) is 11.5 Å². The Kier molecular flexibility index (Phi) is 3.81. The van der Waals surface area contributed by atoms with Crippen LogP contribution in [-0.4, -0.2) is 39.0 Å². The van der Waals surface area contributed by atoms with E-state index in [9.17, 15) is 4.39 Å². The minimum Gasteiger partial charge on any atom is -0.444 e. The van der Waals surface area contributed by atoms with E-state index >= 15 is 0 Å². The lowest BCUT2D eigenvalue weighted by atomic mass is 10.00. The normalized spacial score (nSPS) is 20.8. The molecule has 0 spiro atoms. The van der Waals surface area contributed by atoms with Crippen molar-refractivity contribution in [2.75, 3.05) is 6.54 Å². The molecule has 0 saturated carbocycles. The Balaban J connectivity index is 2.13. The molecule has 2 aliphatic heterocycles. The standard InChI is InChI=1S/C18H25FN4O/c1-10-8-11(2)16-20-18(5,6)9-23(16)15(10)14-12(3)17(22(7)21-14)24-13(4)19/h8,13H,9H2,1-7H3. The van der Waals surface area contributed by atoms with Crippen LogP contribution in [0.5, 0.6) is 5.88 Å². The van der Waals surface area contributed by atoms with Crippen LogP contribution in [0.4, 0.5) is 4.39 Å². The van der Waals surface area contributed by atoms with Crippen molar-refractivity contribution in [2.45, 2.75) is 53.4 Å². The highest BCUT2D eigenvalue weighted by molar-refractivity contribution is 6.07. The van der Waals surface area contributed by atoms with Crippen LogP contribution in [0.3, 0.4) is 0 Å². The molecule has 1 unspecified atom stereocenters. The summed E-state index contributed by atoms with van der Waals surface area (Å²) in [5.74, 6) is 1.45. The van der Waals surface area contributed by atoms with Crippen LogP contribution in [0.25, 0.3) is 5.70 Å². The molecule has 1 aromatic rings. The summed E-state index contributed by atoms with van der Waals surface area (Å²) in [5.41, 5.74) is 4.83. The summed E-state index contributed by atoms with van der Waals surface area (Å²) in [4.78, 5) is 7.08. The number of nitrogens with zero attached hydrogens (tertiary/aromatic N) is 4. The molecule has 0 bridgehead atoms. The van der Waals surface area contributed by atoms with Crippen molar-refractivity contribution in [1.29, 1.82) is 0 Å². The number of ether oxygens (including phenoxy) is 1. The zero-order valence-electron chi connectivity index (χ0n) is 15.4. The SMILES string of the molecule is CC1=CC(C)=C(c2nn(C)c(OC(C)F)c2C)N2CC(C)(C)N=C12. The van der Waals surface area contributed by atoms with Crippen LogP contribution < -0.4 is 4.74 Å². The fourth-order valence-electron chi connectivity index (χ4n) is 3.47. The lowest BCUT2D eigenvalue weighted by molar-refractivity contribution is 0.0754. The molecule has 3 heterocycles. The zero-order chi connectivity index (χ0) is 17.8. The van der Waals surface area contributed by atoms with Crippen molar-refractivity contribution in [3.05, 3.63) is 28.5 Å². The maximum absolute atomic E-state index is 13.3. The number of hydrogen-bond donors (Lipinski definition) is 0. The third-order valence-electron chi connectivity index (χ3n) is 4.36. The van der Waals surface area contributed by atoms with E-state index in [0.29, 0.717) is 5.88 Å². The van der Waals surface area contributed by atoms with Gasteiger partial charge in [-0.3, -0.25) is 4.99 Å². The third kappa shape index (κ3) is 2.64. The first kappa shape index (κ1) is 16.7. The molecular formula is C18H25FN4O. The average Bonchev–Trinajstić information content (AvgIpc) is 2.90. The van der Waals surface area contributed by atoms with Crippen molar-refractivity contribution < 1.29 is 9.13 Å². The van der Waals surface area contributed by atoms with Crippen LogP contribution in [-0.2, 0) is 7.05 Å².